The van der Waals surface area contributed by atoms with Gasteiger partial charge in [-0.25, -0.2) is 0 Å². The Morgan fingerprint density at radius 1 is 0.933 bits per heavy atom. The molecule has 2 aliphatic rings. The summed E-state index contributed by atoms with van der Waals surface area (Å²) in [5, 5.41) is 2.48. The quantitative estimate of drug-likeness (QED) is 0.751. The number of amides is 1. The summed E-state index contributed by atoms with van der Waals surface area (Å²) in [5.74, 6) is -0.432. The lowest BCUT2D eigenvalue weighted by atomic mass is 10.2. The maximum Gasteiger partial charge on any atom is 0.416 e. The molecule has 7 nitrogen and oxygen atoms in total. The highest BCUT2D eigenvalue weighted by Gasteiger charge is 2.33. The number of carbonyl (C=O) groups excluding carboxylic acids is 1. The van der Waals surface area contributed by atoms with Crippen LogP contribution in [0.2, 0.25) is 0 Å². The molecule has 0 unspecified atom stereocenters. The van der Waals surface area contributed by atoms with Gasteiger partial charge in [0.15, 0.2) is 0 Å². The Morgan fingerprint density at radius 3 is 2.13 bits per heavy atom. The number of piperazine rings is 1. The van der Waals surface area contributed by atoms with E-state index in [9.17, 15) is 26.4 Å². The summed E-state index contributed by atoms with van der Waals surface area (Å²) in [7, 11) is -3.49. The van der Waals surface area contributed by atoms with Gasteiger partial charge in [0.1, 0.15) is 0 Å². The van der Waals surface area contributed by atoms with E-state index in [1.54, 1.807) is 9.21 Å². The zero-order chi connectivity index (χ0) is 21.8. The van der Waals surface area contributed by atoms with E-state index in [1.165, 1.54) is 16.4 Å². The molecule has 0 atom stereocenters. The second kappa shape index (κ2) is 9.63. The van der Waals surface area contributed by atoms with Crippen molar-refractivity contribution in [1.29, 1.82) is 0 Å². The van der Waals surface area contributed by atoms with Crippen LogP contribution < -0.4 is 5.32 Å². The van der Waals surface area contributed by atoms with E-state index in [4.69, 9.17) is 0 Å². The van der Waals surface area contributed by atoms with Crippen molar-refractivity contribution in [3.05, 3.63) is 29.8 Å². The van der Waals surface area contributed by atoms with E-state index in [0.29, 0.717) is 26.2 Å². The Balaban J connectivity index is 1.50. The summed E-state index contributed by atoms with van der Waals surface area (Å²) in [6.45, 7) is 2.44. The van der Waals surface area contributed by atoms with Gasteiger partial charge < -0.3 is 5.32 Å². The number of benzene rings is 1. The maximum absolute atomic E-state index is 12.8. The van der Waals surface area contributed by atoms with Gasteiger partial charge in [-0.05, 0) is 31.0 Å². The number of nitrogens with zero attached hydrogens (tertiary/aromatic N) is 3. The van der Waals surface area contributed by atoms with Crippen LogP contribution in [0, 0.1) is 0 Å². The molecular weight excluding hydrogens is 421 g/mol. The molecule has 0 saturated carbocycles. The minimum absolute atomic E-state index is 0.00610. The van der Waals surface area contributed by atoms with Crippen LogP contribution in [-0.2, 0) is 21.2 Å². The summed E-state index contributed by atoms with van der Waals surface area (Å²) in [5.41, 5.74) is -0.746. The van der Waals surface area contributed by atoms with Crippen LogP contribution in [0.1, 0.15) is 31.2 Å². The Hall–Kier alpha value is -1.69. The van der Waals surface area contributed by atoms with Crippen LogP contribution in [0.4, 0.5) is 18.9 Å². The third-order valence-electron chi connectivity index (χ3n) is 5.39. The standard InChI is InChI=1S/C19H27F3N4O3S/c20-19(21,22)16-6-5-7-17(14-16)23-18(27)15-24-10-12-26(13-11-24)30(28,29)25-8-3-1-2-4-9-25/h5-7,14H,1-4,8-13,15H2,(H,23,27). The Kier molecular flexibility index (Phi) is 7.38. The first-order valence-electron chi connectivity index (χ1n) is 10.1. The summed E-state index contributed by atoms with van der Waals surface area (Å²) < 4.78 is 67.1. The number of hydrogen-bond donors (Lipinski definition) is 1. The van der Waals surface area contributed by atoms with Crippen LogP contribution in [0.15, 0.2) is 24.3 Å². The molecule has 168 valence electrons. The smallest absolute Gasteiger partial charge is 0.325 e. The number of hydrogen-bond acceptors (Lipinski definition) is 4. The van der Waals surface area contributed by atoms with E-state index in [2.05, 4.69) is 5.32 Å². The lowest BCUT2D eigenvalue weighted by molar-refractivity contribution is -0.137. The minimum atomic E-state index is -4.48. The second-order valence-corrected chi connectivity index (χ2v) is 9.55. The summed E-state index contributed by atoms with van der Waals surface area (Å²) in [6.07, 6.45) is -0.651. The molecule has 0 aromatic heterocycles. The molecular formula is C19H27F3N4O3S. The van der Waals surface area contributed by atoms with Crippen LogP contribution in [0.25, 0.3) is 0 Å². The molecule has 1 aromatic rings. The Labute approximate surface area is 175 Å². The molecule has 1 aromatic carbocycles. The van der Waals surface area contributed by atoms with E-state index in [1.807, 2.05) is 0 Å². The van der Waals surface area contributed by atoms with Gasteiger partial charge in [0.2, 0.25) is 5.91 Å². The van der Waals surface area contributed by atoms with Crippen molar-refractivity contribution in [3.8, 4) is 0 Å². The van der Waals surface area contributed by atoms with E-state index in [0.717, 1.165) is 37.8 Å². The van der Waals surface area contributed by atoms with Crippen molar-refractivity contribution < 1.29 is 26.4 Å². The number of halogens is 3. The van der Waals surface area contributed by atoms with E-state index in [-0.39, 0.29) is 25.3 Å². The molecule has 2 aliphatic heterocycles. The molecule has 3 rings (SSSR count). The first-order chi connectivity index (χ1) is 14.2. The molecule has 1 amide bonds. The molecule has 2 fully saturated rings. The third kappa shape index (κ3) is 5.93. The SMILES string of the molecule is O=C(CN1CCN(S(=O)(=O)N2CCCCCC2)CC1)Nc1cccc(C(F)(F)F)c1. The summed E-state index contributed by atoms with van der Waals surface area (Å²) in [4.78, 5) is 14.0. The topological polar surface area (TPSA) is 73.0 Å². The summed E-state index contributed by atoms with van der Waals surface area (Å²) in [6, 6.07) is 4.48. The van der Waals surface area contributed by atoms with Crippen molar-refractivity contribution in [2.45, 2.75) is 31.9 Å². The molecule has 30 heavy (non-hydrogen) atoms. The third-order valence-corrected chi connectivity index (χ3v) is 7.43. The second-order valence-electron chi connectivity index (χ2n) is 7.62. The molecule has 2 saturated heterocycles. The lowest BCUT2D eigenvalue weighted by Gasteiger charge is -2.36. The zero-order valence-electron chi connectivity index (χ0n) is 16.7. The molecule has 0 aliphatic carbocycles. The molecule has 0 spiro atoms. The number of alkyl halides is 3. The molecule has 0 bridgehead atoms. The van der Waals surface area contributed by atoms with Crippen molar-refractivity contribution in [2.24, 2.45) is 0 Å². The number of anilines is 1. The van der Waals surface area contributed by atoms with Crippen LogP contribution >= 0.6 is 0 Å². The van der Waals surface area contributed by atoms with Gasteiger partial charge in [-0.3, -0.25) is 9.69 Å². The van der Waals surface area contributed by atoms with Gasteiger partial charge in [-0.15, -0.1) is 0 Å². The van der Waals surface area contributed by atoms with Gasteiger partial charge >= 0.3 is 6.18 Å². The summed E-state index contributed by atoms with van der Waals surface area (Å²) >= 11 is 0. The Bertz CT molecular complexity index is 832. The van der Waals surface area contributed by atoms with Gasteiger partial charge in [-0.2, -0.15) is 30.2 Å². The average molecular weight is 449 g/mol. The normalized spacial score (nSPS) is 20.6. The van der Waals surface area contributed by atoms with Gasteiger partial charge in [0.25, 0.3) is 10.2 Å². The van der Waals surface area contributed by atoms with Crippen LogP contribution in [0.5, 0.6) is 0 Å². The number of rotatable bonds is 5. The van der Waals surface area contributed by atoms with Gasteiger partial charge in [-0.1, -0.05) is 18.9 Å². The predicted octanol–water partition coefficient (Wildman–Crippen LogP) is 2.38. The number of nitrogens with one attached hydrogen (secondary N) is 1. The van der Waals surface area contributed by atoms with Crippen molar-refractivity contribution >= 4 is 21.8 Å². The average Bonchev–Trinajstić information content (AvgIpc) is 2.98. The highest BCUT2D eigenvalue weighted by molar-refractivity contribution is 7.86. The Morgan fingerprint density at radius 2 is 1.53 bits per heavy atom. The van der Waals surface area contributed by atoms with Crippen molar-refractivity contribution in [3.63, 3.8) is 0 Å². The lowest BCUT2D eigenvalue weighted by Crippen LogP contribution is -2.54. The van der Waals surface area contributed by atoms with Crippen LogP contribution in [-0.4, -0.2) is 73.6 Å². The fourth-order valence-corrected chi connectivity index (χ4v) is 5.40. The first kappa shape index (κ1) is 23.0. The largest absolute Gasteiger partial charge is 0.416 e. The van der Waals surface area contributed by atoms with Gasteiger partial charge in [0.05, 0.1) is 12.1 Å². The fraction of sp³-hybridized carbons (Fsp3) is 0.632. The minimum Gasteiger partial charge on any atom is -0.325 e. The fourth-order valence-electron chi connectivity index (χ4n) is 3.73. The molecule has 0 radical (unpaired) electrons. The maximum atomic E-state index is 12.8. The monoisotopic (exact) mass is 448 g/mol. The highest BCUT2D eigenvalue weighted by Crippen LogP contribution is 2.30. The highest BCUT2D eigenvalue weighted by atomic mass is 32.2. The van der Waals surface area contributed by atoms with Crippen LogP contribution in [0.3, 0.4) is 0 Å². The van der Waals surface area contributed by atoms with Gasteiger partial charge in [0, 0.05) is 45.0 Å². The van der Waals surface area contributed by atoms with Crippen molar-refractivity contribution in [2.75, 3.05) is 51.1 Å². The van der Waals surface area contributed by atoms with Crippen molar-refractivity contribution in [1.82, 2.24) is 13.5 Å². The first-order valence-corrected chi connectivity index (χ1v) is 11.5. The number of carbonyl (C=O) groups is 1. The molecule has 1 N–H and O–H groups in total. The molecule has 2 heterocycles. The predicted molar refractivity (Wildman–Crippen MR) is 107 cm³/mol. The zero-order valence-corrected chi connectivity index (χ0v) is 17.5. The van der Waals surface area contributed by atoms with E-state index >= 15 is 0 Å². The van der Waals surface area contributed by atoms with E-state index < -0.39 is 27.9 Å². The molecule has 11 heteroatoms.